The zero-order valence-corrected chi connectivity index (χ0v) is 9.67. The van der Waals surface area contributed by atoms with Gasteiger partial charge in [-0.3, -0.25) is 9.78 Å². The molecule has 0 bridgehead atoms. The third-order valence-electron chi connectivity index (χ3n) is 2.62. The van der Waals surface area contributed by atoms with Gasteiger partial charge in [-0.05, 0) is 17.7 Å². The SMILES string of the molecule is O=C=C1C=CC=CC1C(=O)NCc1cccnc1. The predicted octanol–water partition coefficient (Wildman–Crippen LogP) is 1.20. The summed E-state index contributed by atoms with van der Waals surface area (Å²) in [4.78, 5) is 26.6. The molecule has 2 rings (SSSR count). The van der Waals surface area contributed by atoms with Crippen LogP contribution in [-0.4, -0.2) is 16.8 Å². The minimum atomic E-state index is -0.552. The fourth-order valence-electron chi connectivity index (χ4n) is 1.67. The Bertz CT molecular complexity index is 540. The predicted molar refractivity (Wildman–Crippen MR) is 67.1 cm³/mol. The number of allylic oxidation sites excluding steroid dienone is 3. The van der Waals surface area contributed by atoms with Crippen LogP contribution in [0, 0.1) is 5.92 Å². The summed E-state index contributed by atoms with van der Waals surface area (Å²) in [5.41, 5.74) is 1.26. The molecule has 0 fully saturated rings. The molecule has 0 aliphatic heterocycles. The molecular formula is C14H12N2O2. The van der Waals surface area contributed by atoms with Crippen molar-refractivity contribution >= 4 is 11.8 Å². The summed E-state index contributed by atoms with van der Waals surface area (Å²) < 4.78 is 0. The first-order chi connectivity index (χ1) is 8.81. The Labute approximate surface area is 105 Å². The van der Waals surface area contributed by atoms with Crippen molar-refractivity contribution < 1.29 is 9.59 Å². The zero-order chi connectivity index (χ0) is 12.8. The van der Waals surface area contributed by atoms with E-state index in [1.54, 1.807) is 42.6 Å². The van der Waals surface area contributed by atoms with Gasteiger partial charge in [0.05, 0.1) is 11.5 Å². The van der Waals surface area contributed by atoms with Gasteiger partial charge in [-0.2, -0.15) is 0 Å². The van der Waals surface area contributed by atoms with Crippen LogP contribution in [0.25, 0.3) is 0 Å². The van der Waals surface area contributed by atoms with Crippen LogP contribution in [0.15, 0.2) is 54.4 Å². The molecular weight excluding hydrogens is 228 g/mol. The molecule has 90 valence electrons. The summed E-state index contributed by atoms with van der Waals surface area (Å²) in [5, 5.41) is 2.77. The molecule has 0 spiro atoms. The zero-order valence-electron chi connectivity index (χ0n) is 9.67. The first-order valence-electron chi connectivity index (χ1n) is 5.58. The van der Waals surface area contributed by atoms with E-state index < -0.39 is 5.92 Å². The average molecular weight is 240 g/mol. The number of nitrogens with one attached hydrogen (secondary N) is 1. The van der Waals surface area contributed by atoms with Crippen LogP contribution in [0.2, 0.25) is 0 Å². The van der Waals surface area contributed by atoms with Crippen molar-refractivity contribution in [1.82, 2.24) is 10.3 Å². The van der Waals surface area contributed by atoms with Gasteiger partial charge in [-0.1, -0.05) is 24.3 Å². The van der Waals surface area contributed by atoms with Gasteiger partial charge in [0.1, 0.15) is 5.94 Å². The summed E-state index contributed by atoms with van der Waals surface area (Å²) in [6.45, 7) is 0.396. The standard InChI is InChI=1S/C14H12N2O2/c17-10-12-5-1-2-6-13(12)14(18)16-9-11-4-3-7-15-8-11/h1-8,13H,9H2,(H,16,18). The van der Waals surface area contributed by atoms with Crippen LogP contribution in [0.4, 0.5) is 0 Å². The van der Waals surface area contributed by atoms with E-state index in [-0.39, 0.29) is 5.91 Å². The minimum Gasteiger partial charge on any atom is -0.351 e. The van der Waals surface area contributed by atoms with E-state index in [9.17, 15) is 9.59 Å². The van der Waals surface area contributed by atoms with Gasteiger partial charge in [-0.15, -0.1) is 0 Å². The van der Waals surface area contributed by atoms with Crippen LogP contribution in [0.3, 0.4) is 0 Å². The van der Waals surface area contributed by atoms with Gasteiger partial charge in [-0.25, -0.2) is 4.79 Å². The lowest BCUT2D eigenvalue weighted by atomic mass is 9.95. The number of carbonyl (C=O) groups is 1. The number of nitrogens with zero attached hydrogens (tertiary/aromatic N) is 1. The molecule has 18 heavy (non-hydrogen) atoms. The topological polar surface area (TPSA) is 59.1 Å². The van der Waals surface area contributed by atoms with Gasteiger partial charge >= 0.3 is 0 Å². The molecule has 0 radical (unpaired) electrons. The molecule has 4 nitrogen and oxygen atoms in total. The van der Waals surface area contributed by atoms with Gasteiger partial charge in [0.15, 0.2) is 0 Å². The number of hydrogen-bond donors (Lipinski definition) is 1. The number of pyridine rings is 1. The van der Waals surface area contributed by atoms with Crippen LogP contribution in [0.5, 0.6) is 0 Å². The molecule has 1 amide bonds. The van der Waals surface area contributed by atoms with Gasteiger partial charge < -0.3 is 5.32 Å². The Morgan fingerprint density at radius 1 is 1.44 bits per heavy atom. The first-order valence-corrected chi connectivity index (χ1v) is 5.58. The highest BCUT2D eigenvalue weighted by Crippen LogP contribution is 2.16. The maximum Gasteiger partial charge on any atom is 0.232 e. The molecule has 1 unspecified atom stereocenters. The minimum absolute atomic E-state index is 0.210. The van der Waals surface area contributed by atoms with E-state index >= 15 is 0 Å². The smallest absolute Gasteiger partial charge is 0.232 e. The molecule has 1 aliphatic carbocycles. The lowest BCUT2D eigenvalue weighted by Gasteiger charge is -2.14. The maximum absolute atomic E-state index is 11.9. The van der Waals surface area contributed by atoms with Crippen LogP contribution >= 0.6 is 0 Å². The highest BCUT2D eigenvalue weighted by atomic mass is 16.2. The Morgan fingerprint density at radius 2 is 2.33 bits per heavy atom. The number of amides is 1. The molecule has 1 aliphatic rings. The summed E-state index contributed by atoms with van der Waals surface area (Å²) in [6, 6.07) is 3.68. The molecule has 1 N–H and O–H groups in total. The monoisotopic (exact) mass is 240 g/mol. The number of hydrogen-bond acceptors (Lipinski definition) is 3. The Hall–Kier alpha value is -2.45. The fraction of sp³-hybridized carbons (Fsp3) is 0.143. The van der Waals surface area contributed by atoms with E-state index in [2.05, 4.69) is 10.3 Å². The molecule has 1 atom stereocenters. The van der Waals surface area contributed by atoms with E-state index in [1.807, 2.05) is 12.1 Å². The van der Waals surface area contributed by atoms with Crippen LogP contribution < -0.4 is 5.32 Å². The second kappa shape index (κ2) is 5.75. The van der Waals surface area contributed by atoms with Crippen molar-refractivity contribution in [3.63, 3.8) is 0 Å². The molecule has 1 aromatic rings. The molecule has 1 heterocycles. The largest absolute Gasteiger partial charge is 0.351 e. The Balaban J connectivity index is 1.98. The Morgan fingerprint density at radius 3 is 3.06 bits per heavy atom. The second-order valence-electron chi connectivity index (χ2n) is 3.86. The van der Waals surface area contributed by atoms with Crippen molar-refractivity contribution in [2.45, 2.75) is 6.54 Å². The summed E-state index contributed by atoms with van der Waals surface area (Å²) >= 11 is 0. The fourth-order valence-corrected chi connectivity index (χ4v) is 1.67. The van der Waals surface area contributed by atoms with Crippen LogP contribution in [-0.2, 0) is 16.1 Å². The summed E-state index contributed by atoms with van der Waals surface area (Å²) in [5.74, 6) is 1.03. The third kappa shape index (κ3) is 2.81. The molecule has 0 saturated carbocycles. The molecule has 4 heteroatoms. The van der Waals surface area contributed by atoms with E-state index in [0.29, 0.717) is 12.1 Å². The van der Waals surface area contributed by atoms with E-state index in [4.69, 9.17) is 0 Å². The number of aromatic nitrogens is 1. The first kappa shape index (κ1) is 12.0. The van der Waals surface area contributed by atoms with Crippen molar-refractivity contribution in [3.05, 3.63) is 60.0 Å². The Kier molecular flexibility index (Phi) is 3.84. The highest BCUT2D eigenvalue weighted by molar-refractivity contribution is 5.87. The molecule has 0 aromatic carbocycles. The lowest BCUT2D eigenvalue weighted by Crippen LogP contribution is -2.30. The van der Waals surface area contributed by atoms with Gasteiger partial charge in [0, 0.05) is 18.9 Å². The van der Waals surface area contributed by atoms with Crippen LogP contribution in [0.1, 0.15) is 5.56 Å². The number of rotatable bonds is 3. The van der Waals surface area contributed by atoms with Crippen molar-refractivity contribution in [1.29, 1.82) is 0 Å². The second-order valence-corrected chi connectivity index (χ2v) is 3.86. The van der Waals surface area contributed by atoms with Gasteiger partial charge in [0.25, 0.3) is 0 Å². The summed E-state index contributed by atoms with van der Waals surface area (Å²) in [7, 11) is 0. The van der Waals surface area contributed by atoms with E-state index in [0.717, 1.165) is 5.56 Å². The highest BCUT2D eigenvalue weighted by Gasteiger charge is 2.20. The maximum atomic E-state index is 11.9. The molecule has 0 saturated heterocycles. The third-order valence-corrected chi connectivity index (χ3v) is 2.62. The quantitative estimate of drug-likeness (QED) is 0.807. The lowest BCUT2D eigenvalue weighted by molar-refractivity contribution is -0.122. The van der Waals surface area contributed by atoms with Crippen molar-refractivity contribution in [2.75, 3.05) is 0 Å². The molecule has 1 aromatic heterocycles. The average Bonchev–Trinajstić information content (AvgIpc) is 2.45. The van der Waals surface area contributed by atoms with Gasteiger partial charge in [0.2, 0.25) is 5.91 Å². The normalized spacial score (nSPS) is 17.3. The van der Waals surface area contributed by atoms with Crippen molar-refractivity contribution in [2.24, 2.45) is 5.92 Å². The number of carbonyl (C=O) groups excluding carboxylic acids is 2. The van der Waals surface area contributed by atoms with Crippen molar-refractivity contribution in [3.8, 4) is 0 Å². The summed E-state index contributed by atoms with van der Waals surface area (Å²) in [6.07, 6.45) is 10.1. The van der Waals surface area contributed by atoms with E-state index in [1.165, 1.54) is 0 Å².